The van der Waals surface area contributed by atoms with Gasteiger partial charge in [0.15, 0.2) is 0 Å². The maximum Gasteiger partial charge on any atom is 0.338 e. The highest BCUT2D eigenvalue weighted by Gasteiger charge is 2.16. The number of anilines is 2. The van der Waals surface area contributed by atoms with Crippen molar-refractivity contribution in [3.8, 4) is 0 Å². The van der Waals surface area contributed by atoms with Gasteiger partial charge in [-0.15, -0.1) is 0 Å². The molecule has 5 heteroatoms. The Morgan fingerprint density at radius 3 is 2.57 bits per heavy atom. The molecule has 0 heterocycles. The highest BCUT2D eigenvalue weighted by atomic mass is 16.5. The number of benzene rings is 1. The Kier molecular flexibility index (Phi) is 7.02. The molecule has 1 rings (SSSR count). The average Bonchev–Trinajstić information content (AvgIpc) is 2.45. The van der Waals surface area contributed by atoms with Gasteiger partial charge in [0.2, 0.25) is 0 Å². The van der Waals surface area contributed by atoms with Crippen molar-refractivity contribution < 1.29 is 14.3 Å². The average molecular weight is 294 g/mol. The molecule has 0 bridgehead atoms. The molecular formula is C16H26N2O3. The number of hydrogen-bond donors (Lipinski definition) is 2. The van der Waals surface area contributed by atoms with E-state index >= 15 is 0 Å². The van der Waals surface area contributed by atoms with E-state index in [0.29, 0.717) is 37.0 Å². The molecule has 0 amide bonds. The van der Waals surface area contributed by atoms with Crippen LogP contribution in [0.4, 0.5) is 11.4 Å². The van der Waals surface area contributed by atoms with Crippen molar-refractivity contribution in [2.75, 3.05) is 30.9 Å². The number of nitrogen functional groups attached to an aromatic ring is 1. The Hall–Kier alpha value is -1.75. The molecule has 0 saturated carbocycles. The Labute approximate surface area is 126 Å². The molecule has 1 atom stereocenters. The number of ether oxygens (including phenoxy) is 2. The quantitative estimate of drug-likeness (QED) is 0.569. The fourth-order valence-corrected chi connectivity index (χ4v) is 1.87. The third-order valence-electron chi connectivity index (χ3n) is 3.21. The van der Waals surface area contributed by atoms with E-state index in [2.05, 4.69) is 19.2 Å². The van der Waals surface area contributed by atoms with Gasteiger partial charge in [-0.1, -0.05) is 13.8 Å². The van der Waals surface area contributed by atoms with Gasteiger partial charge in [-0.25, -0.2) is 4.79 Å². The van der Waals surface area contributed by atoms with Crippen LogP contribution in [0.25, 0.3) is 0 Å². The van der Waals surface area contributed by atoms with Gasteiger partial charge in [0.1, 0.15) is 0 Å². The minimum Gasteiger partial charge on any atom is -0.462 e. The normalized spacial score (nSPS) is 12.2. The molecule has 1 unspecified atom stereocenters. The van der Waals surface area contributed by atoms with Gasteiger partial charge in [0.25, 0.3) is 0 Å². The Morgan fingerprint density at radius 1 is 1.29 bits per heavy atom. The van der Waals surface area contributed by atoms with Gasteiger partial charge in [0.05, 0.1) is 36.2 Å². The number of carbonyl (C=O) groups excluding carboxylic acids is 1. The number of nitrogens with one attached hydrogen (secondary N) is 1. The van der Waals surface area contributed by atoms with Crippen LogP contribution in [-0.4, -0.2) is 31.8 Å². The van der Waals surface area contributed by atoms with E-state index < -0.39 is 0 Å². The molecule has 1 aromatic carbocycles. The molecular weight excluding hydrogens is 268 g/mol. The summed E-state index contributed by atoms with van der Waals surface area (Å²) < 4.78 is 10.5. The smallest absolute Gasteiger partial charge is 0.338 e. The number of nitrogens with two attached hydrogens (primary N) is 1. The van der Waals surface area contributed by atoms with Crippen molar-refractivity contribution >= 4 is 17.3 Å². The molecule has 0 aliphatic rings. The molecule has 0 aromatic heterocycles. The summed E-state index contributed by atoms with van der Waals surface area (Å²) in [4.78, 5) is 11.8. The van der Waals surface area contributed by atoms with Gasteiger partial charge >= 0.3 is 5.97 Å². The maximum atomic E-state index is 11.8. The van der Waals surface area contributed by atoms with Crippen LogP contribution in [-0.2, 0) is 9.47 Å². The summed E-state index contributed by atoms with van der Waals surface area (Å²) in [5, 5.41) is 3.36. The van der Waals surface area contributed by atoms with Crippen molar-refractivity contribution in [1.29, 1.82) is 0 Å². The van der Waals surface area contributed by atoms with Crippen LogP contribution < -0.4 is 11.1 Å². The molecule has 0 aliphatic heterocycles. The number of hydrogen-bond acceptors (Lipinski definition) is 5. The summed E-state index contributed by atoms with van der Waals surface area (Å²) in [6.45, 7) is 9.59. The molecule has 21 heavy (non-hydrogen) atoms. The van der Waals surface area contributed by atoms with Crippen LogP contribution in [0.5, 0.6) is 0 Å². The van der Waals surface area contributed by atoms with Crippen LogP contribution in [0.1, 0.15) is 38.1 Å². The zero-order valence-electron chi connectivity index (χ0n) is 13.3. The highest BCUT2D eigenvalue weighted by Crippen LogP contribution is 2.23. The zero-order chi connectivity index (χ0) is 15.8. The molecule has 1 aromatic rings. The lowest BCUT2D eigenvalue weighted by Crippen LogP contribution is -2.31. The van der Waals surface area contributed by atoms with Crippen LogP contribution in [0.3, 0.4) is 0 Å². The summed E-state index contributed by atoms with van der Waals surface area (Å²) in [5.74, 6) is 0.0358. The van der Waals surface area contributed by atoms with Crippen molar-refractivity contribution in [3.63, 3.8) is 0 Å². The van der Waals surface area contributed by atoms with Crippen molar-refractivity contribution in [2.45, 2.75) is 33.7 Å². The fraction of sp³-hybridized carbons (Fsp3) is 0.562. The first-order valence-electron chi connectivity index (χ1n) is 7.40. The molecule has 5 nitrogen and oxygen atoms in total. The van der Waals surface area contributed by atoms with E-state index in [1.165, 1.54) is 0 Å². The third-order valence-corrected chi connectivity index (χ3v) is 3.21. The standard InChI is InChI=1S/C16H26N2O3/c1-5-20-10-15(11(3)4)18-14-9-12(7-8-13(14)17)16(19)21-6-2/h7-9,11,15,18H,5-6,10,17H2,1-4H3. The second-order valence-electron chi connectivity index (χ2n) is 5.18. The van der Waals surface area contributed by atoms with E-state index in [0.717, 1.165) is 5.69 Å². The highest BCUT2D eigenvalue weighted by molar-refractivity contribution is 5.92. The first-order valence-corrected chi connectivity index (χ1v) is 7.40. The predicted molar refractivity (Wildman–Crippen MR) is 85.6 cm³/mol. The molecule has 3 N–H and O–H groups in total. The monoisotopic (exact) mass is 294 g/mol. The maximum absolute atomic E-state index is 11.8. The third kappa shape index (κ3) is 5.27. The molecule has 0 fully saturated rings. The Balaban J connectivity index is 2.89. The second-order valence-corrected chi connectivity index (χ2v) is 5.18. The molecule has 0 radical (unpaired) electrons. The Bertz CT molecular complexity index is 461. The van der Waals surface area contributed by atoms with Crippen LogP contribution in [0.15, 0.2) is 18.2 Å². The number of esters is 1. The summed E-state index contributed by atoms with van der Waals surface area (Å²) in [6, 6.07) is 5.25. The van der Waals surface area contributed by atoms with Crippen molar-refractivity contribution in [3.05, 3.63) is 23.8 Å². The largest absolute Gasteiger partial charge is 0.462 e. The molecule has 0 spiro atoms. The lowest BCUT2D eigenvalue weighted by atomic mass is 10.0. The first-order chi connectivity index (χ1) is 9.99. The van der Waals surface area contributed by atoms with Crippen LogP contribution in [0, 0.1) is 5.92 Å². The Morgan fingerprint density at radius 2 is 2.00 bits per heavy atom. The van der Waals surface area contributed by atoms with Gasteiger partial charge in [0, 0.05) is 6.61 Å². The lowest BCUT2D eigenvalue weighted by Gasteiger charge is -2.24. The molecule has 0 aliphatic carbocycles. The number of carbonyl (C=O) groups is 1. The second kappa shape index (κ2) is 8.52. The molecule has 118 valence electrons. The predicted octanol–water partition coefficient (Wildman–Crippen LogP) is 2.92. The lowest BCUT2D eigenvalue weighted by molar-refractivity contribution is 0.0526. The van der Waals surface area contributed by atoms with E-state index in [1.807, 2.05) is 6.92 Å². The van der Waals surface area contributed by atoms with Gasteiger partial charge in [-0.3, -0.25) is 0 Å². The topological polar surface area (TPSA) is 73.6 Å². The first kappa shape index (κ1) is 17.3. The summed E-state index contributed by atoms with van der Waals surface area (Å²) in [6.07, 6.45) is 0. The van der Waals surface area contributed by atoms with Crippen LogP contribution in [0.2, 0.25) is 0 Å². The van der Waals surface area contributed by atoms with Crippen molar-refractivity contribution in [2.24, 2.45) is 5.92 Å². The van der Waals surface area contributed by atoms with Gasteiger partial charge in [-0.05, 0) is 38.0 Å². The van der Waals surface area contributed by atoms with Crippen molar-refractivity contribution in [1.82, 2.24) is 0 Å². The van der Waals surface area contributed by atoms with E-state index in [1.54, 1.807) is 25.1 Å². The summed E-state index contributed by atoms with van der Waals surface area (Å²) >= 11 is 0. The summed E-state index contributed by atoms with van der Waals surface area (Å²) in [7, 11) is 0. The van der Waals surface area contributed by atoms with E-state index in [9.17, 15) is 4.79 Å². The molecule has 0 saturated heterocycles. The SMILES string of the molecule is CCOCC(Nc1cc(C(=O)OCC)ccc1N)C(C)C. The van der Waals surface area contributed by atoms with Gasteiger partial charge < -0.3 is 20.5 Å². The van der Waals surface area contributed by atoms with Gasteiger partial charge in [-0.2, -0.15) is 0 Å². The van der Waals surface area contributed by atoms with E-state index in [4.69, 9.17) is 15.2 Å². The van der Waals surface area contributed by atoms with Crippen LogP contribution >= 0.6 is 0 Å². The summed E-state index contributed by atoms with van der Waals surface area (Å²) in [5.41, 5.74) is 7.82. The zero-order valence-corrected chi connectivity index (χ0v) is 13.3. The minimum absolute atomic E-state index is 0.129. The number of rotatable bonds is 8. The minimum atomic E-state index is -0.341. The van der Waals surface area contributed by atoms with E-state index in [-0.39, 0.29) is 12.0 Å². The fourth-order valence-electron chi connectivity index (χ4n) is 1.87.